The molecule has 1 fully saturated rings. The average Bonchev–Trinajstić information content (AvgIpc) is 3.54. The molecule has 0 aliphatic carbocycles. The molecule has 1 saturated heterocycles. The monoisotopic (exact) mass is 449 g/mol. The summed E-state index contributed by atoms with van der Waals surface area (Å²) in [5, 5.41) is 3.44. The molecule has 2 aromatic carbocycles. The van der Waals surface area contributed by atoms with Crippen molar-refractivity contribution in [1.29, 1.82) is 0 Å². The number of fused-ring (bicyclic) bond motifs is 1. The third-order valence-corrected chi connectivity index (χ3v) is 6.02. The Bertz CT molecular complexity index is 1220. The molecule has 0 bridgehead atoms. The van der Waals surface area contributed by atoms with Gasteiger partial charge in [-0.3, -0.25) is 19.3 Å². The Morgan fingerprint density at radius 1 is 1.00 bits per heavy atom. The molecule has 2 aliphatic rings. The first-order valence-corrected chi connectivity index (χ1v) is 10.8. The number of furan rings is 1. The van der Waals surface area contributed by atoms with Crippen LogP contribution in [0.2, 0.25) is 5.02 Å². The van der Waals surface area contributed by atoms with Crippen molar-refractivity contribution < 1.29 is 18.8 Å². The van der Waals surface area contributed by atoms with Crippen LogP contribution in [0, 0.1) is 0 Å². The average molecular weight is 450 g/mol. The van der Waals surface area contributed by atoms with E-state index in [4.69, 9.17) is 16.0 Å². The molecule has 0 atom stereocenters. The number of halogens is 1. The highest BCUT2D eigenvalue weighted by atomic mass is 35.5. The topological polar surface area (TPSA) is 82.9 Å². The maximum atomic E-state index is 13.0. The van der Waals surface area contributed by atoms with E-state index in [1.807, 2.05) is 6.07 Å². The minimum Gasteiger partial charge on any atom is -0.467 e. The van der Waals surface area contributed by atoms with Gasteiger partial charge in [0, 0.05) is 23.7 Å². The third kappa shape index (κ3) is 3.65. The summed E-state index contributed by atoms with van der Waals surface area (Å²) in [6.07, 6.45) is 3.69. The second-order valence-corrected chi connectivity index (χ2v) is 8.28. The maximum absolute atomic E-state index is 13.0. The summed E-state index contributed by atoms with van der Waals surface area (Å²) < 4.78 is 5.26. The quantitative estimate of drug-likeness (QED) is 0.576. The van der Waals surface area contributed by atoms with E-state index in [0.29, 0.717) is 16.5 Å². The second kappa shape index (κ2) is 8.16. The van der Waals surface area contributed by atoms with Crippen molar-refractivity contribution in [2.75, 3.05) is 23.3 Å². The number of hydrogen-bond donors (Lipinski definition) is 1. The van der Waals surface area contributed by atoms with Gasteiger partial charge < -0.3 is 14.6 Å². The first-order valence-electron chi connectivity index (χ1n) is 10.4. The molecule has 3 heterocycles. The number of benzene rings is 2. The lowest BCUT2D eigenvalue weighted by molar-refractivity contribution is 0.0631. The zero-order chi connectivity index (χ0) is 22.2. The summed E-state index contributed by atoms with van der Waals surface area (Å²) in [4.78, 5) is 41.9. The van der Waals surface area contributed by atoms with Crippen LogP contribution in [-0.2, 0) is 6.54 Å². The number of carbonyl (C=O) groups is 3. The molecule has 0 unspecified atom stereocenters. The van der Waals surface area contributed by atoms with Gasteiger partial charge >= 0.3 is 0 Å². The number of nitrogens with one attached hydrogen (secondary N) is 1. The molecule has 162 valence electrons. The van der Waals surface area contributed by atoms with Gasteiger partial charge in [0.15, 0.2) is 0 Å². The minimum absolute atomic E-state index is 0.0442. The molecule has 2 aliphatic heterocycles. The molecule has 0 radical (unpaired) electrons. The minimum atomic E-state index is -0.448. The lowest BCUT2D eigenvalue weighted by atomic mass is 10.1. The Morgan fingerprint density at radius 3 is 2.53 bits per heavy atom. The maximum Gasteiger partial charge on any atom is 0.261 e. The summed E-state index contributed by atoms with van der Waals surface area (Å²) in [7, 11) is 0. The van der Waals surface area contributed by atoms with Crippen LogP contribution in [0.25, 0.3) is 0 Å². The fourth-order valence-electron chi connectivity index (χ4n) is 4.17. The number of nitrogens with zero attached hydrogens (tertiary/aromatic N) is 2. The SMILES string of the molecule is O=C(Nc1cc(Cl)ccc1N1CCCC1)c1ccc2c(c1)C(=O)N(Cc1ccco1)C2=O. The third-order valence-electron chi connectivity index (χ3n) is 5.78. The van der Waals surface area contributed by atoms with E-state index in [-0.39, 0.29) is 29.1 Å². The zero-order valence-corrected chi connectivity index (χ0v) is 17.9. The molecule has 0 spiro atoms. The lowest BCUT2D eigenvalue weighted by Crippen LogP contribution is -2.28. The van der Waals surface area contributed by atoms with Crippen molar-refractivity contribution in [2.45, 2.75) is 19.4 Å². The number of carbonyl (C=O) groups excluding carboxylic acids is 3. The highest BCUT2D eigenvalue weighted by molar-refractivity contribution is 6.31. The molecule has 1 N–H and O–H groups in total. The van der Waals surface area contributed by atoms with E-state index in [1.54, 1.807) is 30.3 Å². The van der Waals surface area contributed by atoms with Crippen LogP contribution in [0.3, 0.4) is 0 Å². The van der Waals surface area contributed by atoms with Gasteiger partial charge in [0.05, 0.1) is 35.3 Å². The first-order chi connectivity index (χ1) is 15.5. The normalized spacial score (nSPS) is 15.4. The second-order valence-electron chi connectivity index (χ2n) is 7.85. The first kappa shape index (κ1) is 20.3. The lowest BCUT2D eigenvalue weighted by Gasteiger charge is -2.22. The number of anilines is 2. The van der Waals surface area contributed by atoms with Crippen molar-refractivity contribution in [3.63, 3.8) is 0 Å². The van der Waals surface area contributed by atoms with Crippen molar-refractivity contribution in [2.24, 2.45) is 0 Å². The molecular formula is C24H20ClN3O4. The fraction of sp³-hybridized carbons (Fsp3) is 0.208. The van der Waals surface area contributed by atoms with Gasteiger partial charge in [-0.05, 0) is 61.4 Å². The van der Waals surface area contributed by atoms with Crippen LogP contribution in [0.15, 0.2) is 59.2 Å². The molecular weight excluding hydrogens is 430 g/mol. The van der Waals surface area contributed by atoms with Crippen molar-refractivity contribution in [1.82, 2.24) is 4.90 Å². The number of hydrogen-bond acceptors (Lipinski definition) is 5. The molecule has 1 aromatic heterocycles. The summed E-state index contributed by atoms with van der Waals surface area (Å²) >= 11 is 6.17. The van der Waals surface area contributed by atoms with Crippen molar-refractivity contribution in [3.05, 3.63) is 82.3 Å². The summed E-state index contributed by atoms with van der Waals surface area (Å²) in [5.74, 6) is -0.718. The van der Waals surface area contributed by atoms with E-state index in [1.165, 1.54) is 18.4 Å². The van der Waals surface area contributed by atoms with Crippen LogP contribution < -0.4 is 10.2 Å². The largest absolute Gasteiger partial charge is 0.467 e. The van der Waals surface area contributed by atoms with Gasteiger partial charge in [0.25, 0.3) is 17.7 Å². The highest BCUT2D eigenvalue weighted by Gasteiger charge is 2.36. The number of imide groups is 1. The summed E-state index contributed by atoms with van der Waals surface area (Å²) in [6.45, 7) is 1.89. The molecule has 3 aromatic rings. The smallest absolute Gasteiger partial charge is 0.261 e. The van der Waals surface area contributed by atoms with Gasteiger partial charge in [-0.15, -0.1) is 0 Å². The highest BCUT2D eigenvalue weighted by Crippen LogP contribution is 2.32. The van der Waals surface area contributed by atoms with E-state index < -0.39 is 11.8 Å². The van der Waals surface area contributed by atoms with E-state index in [2.05, 4.69) is 10.2 Å². The molecule has 7 nitrogen and oxygen atoms in total. The van der Waals surface area contributed by atoms with Crippen LogP contribution in [0.5, 0.6) is 0 Å². The number of amides is 3. The van der Waals surface area contributed by atoms with Gasteiger partial charge in [0.2, 0.25) is 0 Å². The molecule has 5 rings (SSSR count). The number of rotatable bonds is 5. The Kier molecular flexibility index (Phi) is 5.19. The van der Waals surface area contributed by atoms with Crippen LogP contribution >= 0.6 is 11.6 Å². The van der Waals surface area contributed by atoms with Gasteiger partial charge in [-0.25, -0.2) is 0 Å². The van der Waals surface area contributed by atoms with Crippen LogP contribution in [0.4, 0.5) is 11.4 Å². The Morgan fingerprint density at radius 2 is 1.78 bits per heavy atom. The van der Waals surface area contributed by atoms with Gasteiger partial charge in [-0.1, -0.05) is 11.6 Å². The molecule has 0 saturated carbocycles. The van der Waals surface area contributed by atoms with Gasteiger partial charge in [0.1, 0.15) is 5.76 Å². The van der Waals surface area contributed by atoms with Gasteiger partial charge in [-0.2, -0.15) is 0 Å². The molecule has 8 heteroatoms. The van der Waals surface area contributed by atoms with Crippen molar-refractivity contribution in [3.8, 4) is 0 Å². The Balaban J connectivity index is 1.39. The van der Waals surface area contributed by atoms with E-state index >= 15 is 0 Å². The fourth-order valence-corrected chi connectivity index (χ4v) is 4.34. The van der Waals surface area contributed by atoms with Crippen LogP contribution in [0.1, 0.15) is 49.7 Å². The predicted octanol–water partition coefficient (Wildman–Crippen LogP) is 4.58. The summed E-state index contributed by atoms with van der Waals surface area (Å²) in [5.41, 5.74) is 2.31. The van der Waals surface area contributed by atoms with Crippen LogP contribution in [-0.4, -0.2) is 35.7 Å². The van der Waals surface area contributed by atoms with E-state index in [0.717, 1.165) is 36.5 Å². The Hall–Kier alpha value is -3.58. The van der Waals surface area contributed by atoms with E-state index in [9.17, 15) is 14.4 Å². The predicted molar refractivity (Wildman–Crippen MR) is 120 cm³/mol. The zero-order valence-electron chi connectivity index (χ0n) is 17.1. The Labute approximate surface area is 189 Å². The molecule has 32 heavy (non-hydrogen) atoms. The molecule has 3 amide bonds. The summed E-state index contributed by atoms with van der Waals surface area (Å²) in [6, 6.07) is 13.4. The van der Waals surface area contributed by atoms with Crippen molar-refractivity contribution >= 4 is 40.7 Å². The standard InChI is InChI=1S/C24H20ClN3O4/c25-16-6-8-21(27-9-1-2-10-27)20(13-16)26-22(29)15-5-7-18-19(12-15)24(31)28(23(18)30)14-17-4-3-11-32-17/h3-8,11-13H,1-2,9-10,14H2,(H,26,29).